The average molecular weight is 636 g/mol. The van der Waals surface area contributed by atoms with Crippen LogP contribution in [0.25, 0.3) is 77.2 Å². The van der Waals surface area contributed by atoms with Crippen molar-refractivity contribution in [1.82, 2.24) is 9.13 Å². The molecule has 230 valence electrons. The molecular formula is C45H25N5. The maximum atomic E-state index is 10.4. The zero-order chi connectivity index (χ0) is 33.8. The van der Waals surface area contributed by atoms with Crippen LogP contribution < -0.4 is 0 Å². The average Bonchev–Trinajstić information content (AvgIpc) is 3.69. The fourth-order valence-electron chi connectivity index (χ4n) is 7.32. The van der Waals surface area contributed by atoms with E-state index in [1.807, 2.05) is 42.5 Å². The fourth-order valence-corrected chi connectivity index (χ4v) is 7.32. The molecular weight excluding hydrogens is 611 g/mol. The molecule has 5 nitrogen and oxygen atoms in total. The van der Waals surface area contributed by atoms with Crippen LogP contribution in [0, 0.1) is 34.0 Å². The van der Waals surface area contributed by atoms with Gasteiger partial charge in [-0.25, -0.2) is 0 Å². The Bertz CT molecular complexity index is 2830. The van der Waals surface area contributed by atoms with E-state index in [4.69, 9.17) is 0 Å². The highest BCUT2D eigenvalue weighted by molar-refractivity contribution is 6.11. The molecule has 0 aliphatic heterocycles. The standard InChI is InChI=1S/C45H25N5/c46-26-29-14-18-43-39(20-29)40-21-30(27-47)15-19-44(40)50(43)45-25-32(16-17-33(45)28-48)35-22-34(31-8-2-1-3-9-31)23-36(24-35)49-41-12-6-4-10-37(41)38-11-5-7-13-42(38)49/h1-25H. The van der Waals surface area contributed by atoms with E-state index < -0.39 is 0 Å². The first kappa shape index (κ1) is 28.8. The van der Waals surface area contributed by atoms with E-state index >= 15 is 0 Å². The number of nitrogens with zero attached hydrogens (tertiary/aromatic N) is 5. The van der Waals surface area contributed by atoms with Crippen LogP contribution in [0.4, 0.5) is 0 Å². The number of para-hydroxylation sites is 2. The number of aromatic nitrogens is 2. The molecule has 7 aromatic carbocycles. The molecule has 0 saturated carbocycles. The second kappa shape index (κ2) is 11.4. The molecule has 0 aliphatic carbocycles. The third-order valence-electron chi connectivity index (χ3n) is 9.58. The molecule has 2 aromatic heterocycles. The van der Waals surface area contributed by atoms with E-state index in [-0.39, 0.29) is 0 Å². The Labute approximate surface area is 287 Å². The second-order valence-electron chi connectivity index (χ2n) is 12.4. The molecule has 0 amide bonds. The third kappa shape index (κ3) is 4.45. The predicted octanol–water partition coefficient (Wildman–Crippen LogP) is 10.8. The van der Waals surface area contributed by atoms with E-state index in [0.717, 1.165) is 66.5 Å². The van der Waals surface area contributed by atoms with Crippen LogP contribution in [0.1, 0.15) is 16.7 Å². The second-order valence-corrected chi connectivity index (χ2v) is 12.4. The number of hydrogen-bond donors (Lipinski definition) is 0. The summed E-state index contributed by atoms with van der Waals surface area (Å²) in [6.07, 6.45) is 0. The van der Waals surface area contributed by atoms with Gasteiger partial charge in [-0.1, -0.05) is 72.8 Å². The Hall–Kier alpha value is -7.39. The molecule has 9 rings (SSSR count). The minimum Gasteiger partial charge on any atom is -0.309 e. The quantitative estimate of drug-likeness (QED) is 0.193. The number of fused-ring (bicyclic) bond motifs is 6. The maximum absolute atomic E-state index is 10.4. The largest absolute Gasteiger partial charge is 0.309 e. The minimum atomic E-state index is 0.517. The van der Waals surface area contributed by atoms with Crippen molar-refractivity contribution in [3.05, 3.63) is 168 Å². The Balaban J connectivity index is 1.33. The van der Waals surface area contributed by atoms with E-state index in [2.05, 4.69) is 124 Å². The molecule has 0 fully saturated rings. The van der Waals surface area contributed by atoms with Crippen LogP contribution in [0.5, 0.6) is 0 Å². The Morgan fingerprint density at radius 3 is 1.48 bits per heavy atom. The molecule has 0 spiro atoms. The number of rotatable bonds is 4. The molecule has 50 heavy (non-hydrogen) atoms. The molecule has 0 bridgehead atoms. The smallest absolute Gasteiger partial charge is 0.101 e. The zero-order valence-corrected chi connectivity index (χ0v) is 26.7. The highest BCUT2D eigenvalue weighted by Crippen LogP contribution is 2.39. The first-order valence-corrected chi connectivity index (χ1v) is 16.3. The van der Waals surface area contributed by atoms with Gasteiger partial charge in [0.25, 0.3) is 0 Å². The first-order valence-electron chi connectivity index (χ1n) is 16.3. The lowest BCUT2D eigenvalue weighted by molar-refractivity contribution is 1.16. The summed E-state index contributed by atoms with van der Waals surface area (Å²) in [5.74, 6) is 0. The minimum absolute atomic E-state index is 0.517. The van der Waals surface area contributed by atoms with Gasteiger partial charge in [-0.3, -0.25) is 0 Å². The van der Waals surface area contributed by atoms with Crippen molar-refractivity contribution in [2.45, 2.75) is 0 Å². The van der Waals surface area contributed by atoms with Crippen LogP contribution in [0.15, 0.2) is 152 Å². The van der Waals surface area contributed by atoms with E-state index in [9.17, 15) is 15.8 Å². The van der Waals surface area contributed by atoms with E-state index in [0.29, 0.717) is 16.7 Å². The first-order chi connectivity index (χ1) is 24.6. The van der Waals surface area contributed by atoms with Crippen LogP contribution in [-0.4, -0.2) is 9.13 Å². The molecule has 2 heterocycles. The van der Waals surface area contributed by atoms with E-state index in [1.165, 1.54) is 10.8 Å². The summed E-state index contributed by atoms with van der Waals surface area (Å²) in [6.45, 7) is 0. The monoisotopic (exact) mass is 635 g/mol. The van der Waals surface area contributed by atoms with Gasteiger partial charge in [0.2, 0.25) is 0 Å². The summed E-state index contributed by atoms with van der Waals surface area (Å²) in [5, 5.41) is 33.9. The van der Waals surface area contributed by atoms with Crippen LogP contribution >= 0.6 is 0 Å². The highest BCUT2D eigenvalue weighted by Gasteiger charge is 2.19. The van der Waals surface area contributed by atoms with Gasteiger partial charge in [0, 0.05) is 27.2 Å². The van der Waals surface area contributed by atoms with Crippen molar-refractivity contribution in [1.29, 1.82) is 15.8 Å². The van der Waals surface area contributed by atoms with Gasteiger partial charge in [0.15, 0.2) is 0 Å². The Morgan fingerprint density at radius 2 is 0.900 bits per heavy atom. The number of benzene rings is 7. The van der Waals surface area contributed by atoms with Gasteiger partial charge in [0.05, 0.1) is 56.6 Å². The van der Waals surface area contributed by atoms with Gasteiger partial charge in [-0.05, 0) is 101 Å². The number of hydrogen-bond acceptors (Lipinski definition) is 3. The predicted molar refractivity (Wildman–Crippen MR) is 200 cm³/mol. The molecule has 0 radical (unpaired) electrons. The molecule has 5 heteroatoms. The van der Waals surface area contributed by atoms with Gasteiger partial charge in [0.1, 0.15) is 6.07 Å². The normalized spacial score (nSPS) is 11.1. The van der Waals surface area contributed by atoms with Gasteiger partial charge in [-0.2, -0.15) is 15.8 Å². The lowest BCUT2D eigenvalue weighted by Crippen LogP contribution is -1.99. The van der Waals surface area contributed by atoms with Gasteiger partial charge < -0.3 is 9.13 Å². The van der Waals surface area contributed by atoms with Gasteiger partial charge >= 0.3 is 0 Å². The topological polar surface area (TPSA) is 81.2 Å². The van der Waals surface area contributed by atoms with Crippen molar-refractivity contribution in [3.63, 3.8) is 0 Å². The van der Waals surface area contributed by atoms with Crippen molar-refractivity contribution >= 4 is 43.6 Å². The fraction of sp³-hybridized carbons (Fsp3) is 0. The molecule has 0 N–H and O–H groups in total. The van der Waals surface area contributed by atoms with Crippen molar-refractivity contribution in [2.24, 2.45) is 0 Å². The lowest BCUT2D eigenvalue weighted by atomic mass is 9.96. The summed E-state index contributed by atoms with van der Waals surface area (Å²) in [7, 11) is 0. The van der Waals surface area contributed by atoms with Crippen LogP contribution in [0.3, 0.4) is 0 Å². The third-order valence-corrected chi connectivity index (χ3v) is 9.58. The summed E-state index contributed by atoms with van der Waals surface area (Å²) in [5.41, 5.74) is 11.5. The lowest BCUT2D eigenvalue weighted by Gasteiger charge is -2.16. The van der Waals surface area contributed by atoms with Crippen molar-refractivity contribution in [3.8, 4) is 51.8 Å². The SMILES string of the molecule is N#Cc1ccc2c(c1)c1cc(C#N)ccc1n2-c1cc(-c2cc(-c3ccccc3)cc(-n3c4ccccc4c4ccccc43)c2)ccc1C#N. The summed E-state index contributed by atoms with van der Waals surface area (Å²) in [4.78, 5) is 0. The molecule has 9 aromatic rings. The zero-order valence-electron chi connectivity index (χ0n) is 26.7. The van der Waals surface area contributed by atoms with Crippen molar-refractivity contribution < 1.29 is 0 Å². The maximum Gasteiger partial charge on any atom is 0.101 e. The molecule has 0 aliphatic rings. The van der Waals surface area contributed by atoms with Gasteiger partial charge in [-0.15, -0.1) is 0 Å². The molecule has 0 saturated heterocycles. The van der Waals surface area contributed by atoms with E-state index in [1.54, 1.807) is 12.1 Å². The van der Waals surface area contributed by atoms with Crippen molar-refractivity contribution in [2.75, 3.05) is 0 Å². The number of nitriles is 3. The van der Waals surface area contributed by atoms with Crippen LogP contribution in [-0.2, 0) is 0 Å². The molecule has 0 unspecified atom stereocenters. The Morgan fingerprint density at radius 1 is 0.360 bits per heavy atom. The highest BCUT2D eigenvalue weighted by atomic mass is 15.0. The summed E-state index contributed by atoms with van der Waals surface area (Å²) < 4.78 is 4.40. The molecule has 0 atom stereocenters. The summed E-state index contributed by atoms with van der Waals surface area (Å²) >= 11 is 0. The van der Waals surface area contributed by atoms with Crippen LogP contribution in [0.2, 0.25) is 0 Å². The Kier molecular flexibility index (Phi) is 6.56. The summed E-state index contributed by atoms with van der Waals surface area (Å²) in [6, 6.07) is 58.1.